The number of carbonyl (C=O) groups is 1. The average molecular weight is 243 g/mol. The minimum absolute atomic E-state index is 1.10. The molecule has 0 fully saturated rings. The second-order valence-electron chi connectivity index (χ2n) is 4.50. The molecule has 0 saturated carbocycles. The molecular formula is C9H16F3NO3. The molecule has 0 aliphatic heterocycles. The number of aliphatic hydroxyl groups is 1. The molecule has 7 heteroatoms. The first-order valence-electron chi connectivity index (χ1n) is 4.59. The number of rotatable bonds is 3. The molecule has 0 heterocycles. The summed E-state index contributed by atoms with van der Waals surface area (Å²) < 4.78 is 39.1. The lowest BCUT2D eigenvalue weighted by atomic mass is 9.86. The maximum absolute atomic E-state index is 11.7. The van der Waals surface area contributed by atoms with Crippen molar-refractivity contribution in [2.45, 2.75) is 45.0 Å². The molecule has 0 bridgehead atoms. The summed E-state index contributed by atoms with van der Waals surface area (Å²) >= 11 is 0. The van der Waals surface area contributed by atoms with Gasteiger partial charge < -0.3 is 15.2 Å². The first kappa shape index (κ1) is 15.0. The minimum atomic E-state index is -4.56. The van der Waals surface area contributed by atoms with Crippen LogP contribution in [0.5, 0.6) is 0 Å². The van der Waals surface area contributed by atoms with Crippen LogP contribution in [0.15, 0.2) is 0 Å². The largest absolute Gasteiger partial charge is 0.440 e. The van der Waals surface area contributed by atoms with Crippen molar-refractivity contribution in [2.75, 3.05) is 6.61 Å². The SMILES string of the molecule is CC(C)(O)C(C)(C)NC(=O)OCC(F)(F)F. The van der Waals surface area contributed by atoms with Gasteiger partial charge in [0.1, 0.15) is 0 Å². The van der Waals surface area contributed by atoms with Crippen LogP contribution in [-0.4, -0.2) is 35.1 Å². The smallest absolute Gasteiger partial charge is 0.422 e. The molecule has 1 amide bonds. The molecule has 16 heavy (non-hydrogen) atoms. The van der Waals surface area contributed by atoms with Crippen LogP contribution in [0.4, 0.5) is 18.0 Å². The lowest BCUT2D eigenvalue weighted by Crippen LogP contribution is -2.58. The summed E-state index contributed by atoms with van der Waals surface area (Å²) in [6.07, 6.45) is -5.78. The van der Waals surface area contributed by atoms with E-state index in [0.29, 0.717) is 0 Å². The number of hydrogen-bond acceptors (Lipinski definition) is 3. The Morgan fingerprint density at radius 2 is 1.69 bits per heavy atom. The lowest BCUT2D eigenvalue weighted by molar-refractivity contribution is -0.161. The van der Waals surface area contributed by atoms with Crippen LogP contribution in [0, 0.1) is 0 Å². The summed E-state index contributed by atoms with van der Waals surface area (Å²) in [6, 6.07) is 0. The third kappa shape index (κ3) is 5.20. The number of carbonyl (C=O) groups excluding carboxylic acids is 1. The summed E-state index contributed by atoms with van der Waals surface area (Å²) in [5.74, 6) is 0. The van der Waals surface area contributed by atoms with Crippen molar-refractivity contribution < 1.29 is 27.8 Å². The van der Waals surface area contributed by atoms with Crippen molar-refractivity contribution >= 4 is 6.09 Å². The normalized spacial score (nSPS) is 13.5. The number of halogens is 3. The Morgan fingerprint density at radius 1 is 1.25 bits per heavy atom. The van der Waals surface area contributed by atoms with Gasteiger partial charge in [-0.15, -0.1) is 0 Å². The highest BCUT2D eigenvalue weighted by Crippen LogP contribution is 2.21. The van der Waals surface area contributed by atoms with E-state index in [-0.39, 0.29) is 0 Å². The van der Waals surface area contributed by atoms with E-state index in [1.165, 1.54) is 27.7 Å². The van der Waals surface area contributed by atoms with Crippen molar-refractivity contribution in [2.24, 2.45) is 0 Å². The zero-order valence-corrected chi connectivity index (χ0v) is 9.60. The van der Waals surface area contributed by atoms with Gasteiger partial charge >= 0.3 is 12.3 Å². The molecule has 0 aliphatic carbocycles. The van der Waals surface area contributed by atoms with Gasteiger partial charge in [-0.1, -0.05) is 0 Å². The van der Waals surface area contributed by atoms with Gasteiger partial charge in [0, 0.05) is 0 Å². The molecule has 2 N–H and O–H groups in total. The number of ether oxygens (including phenoxy) is 1. The third-order valence-electron chi connectivity index (χ3n) is 2.31. The summed E-state index contributed by atoms with van der Waals surface area (Å²) in [5.41, 5.74) is -2.39. The zero-order chi connectivity index (χ0) is 13.2. The van der Waals surface area contributed by atoms with E-state index in [9.17, 15) is 23.1 Å². The minimum Gasteiger partial charge on any atom is -0.440 e. The van der Waals surface area contributed by atoms with Gasteiger partial charge in [-0.2, -0.15) is 13.2 Å². The summed E-state index contributed by atoms with van der Waals surface area (Å²) in [6.45, 7) is 4.15. The number of alkyl carbamates (subject to hydrolysis) is 1. The molecule has 0 saturated heterocycles. The Balaban J connectivity index is 4.26. The number of nitrogens with one attached hydrogen (secondary N) is 1. The van der Waals surface area contributed by atoms with Crippen LogP contribution in [0.25, 0.3) is 0 Å². The third-order valence-corrected chi connectivity index (χ3v) is 2.31. The van der Waals surface area contributed by atoms with Gasteiger partial charge in [-0.05, 0) is 27.7 Å². The highest BCUT2D eigenvalue weighted by atomic mass is 19.4. The van der Waals surface area contributed by atoms with Crippen LogP contribution in [-0.2, 0) is 4.74 Å². The van der Waals surface area contributed by atoms with Crippen LogP contribution in [0.3, 0.4) is 0 Å². The molecule has 0 radical (unpaired) electrons. The maximum atomic E-state index is 11.7. The Morgan fingerprint density at radius 3 is 2.00 bits per heavy atom. The number of amides is 1. The fraction of sp³-hybridized carbons (Fsp3) is 0.889. The first-order valence-corrected chi connectivity index (χ1v) is 4.59. The predicted molar refractivity (Wildman–Crippen MR) is 50.9 cm³/mol. The Kier molecular flexibility index (Phi) is 4.21. The maximum Gasteiger partial charge on any atom is 0.422 e. The van der Waals surface area contributed by atoms with E-state index in [4.69, 9.17) is 0 Å². The summed E-state index contributed by atoms with van der Waals surface area (Å²) in [4.78, 5) is 11.0. The Labute approximate surface area is 91.8 Å². The molecule has 0 spiro atoms. The molecule has 4 nitrogen and oxygen atoms in total. The number of alkyl halides is 3. The van der Waals surface area contributed by atoms with Gasteiger partial charge in [-0.25, -0.2) is 4.79 Å². The van der Waals surface area contributed by atoms with Gasteiger partial charge in [0.05, 0.1) is 11.1 Å². The molecule has 0 aromatic rings. The van der Waals surface area contributed by atoms with E-state index >= 15 is 0 Å². The second kappa shape index (κ2) is 4.48. The first-order chi connectivity index (χ1) is 6.85. The van der Waals surface area contributed by atoms with Crippen LogP contribution in [0.1, 0.15) is 27.7 Å². The Bertz CT molecular complexity index is 256. The zero-order valence-electron chi connectivity index (χ0n) is 9.60. The fourth-order valence-electron chi connectivity index (χ4n) is 0.592. The fourth-order valence-corrected chi connectivity index (χ4v) is 0.592. The topological polar surface area (TPSA) is 58.6 Å². The van der Waals surface area contributed by atoms with E-state index in [1.54, 1.807) is 0 Å². The van der Waals surface area contributed by atoms with E-state index < -0.39 is 30.0 Å². The molecule has 0 rings (SSSR count). The molecule has 0 unspecified atom stereocenters. The average Bonchev–Trinajstić information content (AvgIpc) is 1.96. The summed E-state index contributed by atoms with van der Waals surface area (Å²) in [7, 11) is 0. The number of hydrogen-bond donors (Lipinski definition) is 2. The van der Waals surface area contributed by atoms with Crippen LogP contribution in [0.2, 0.25) is 0 Å². The molecule has 0 aliphatic rings. The molecule has 0 aromatic heterocycles. The van der Waals surface area contributed by atoms with E-state index in [2.05, 4.69) is 10.1 Å². The van der Waals surface area contributed by atoms with Crippen molar-refractivity contribution in [1.82, 2.24) is 5.32 Å². The standard InChI is InChI=1S/C9H16F3NO3/c1-7(2,8(3,4)15)13-6(14)16-5-9(10,11)12/h15H,5H2,1-4H3,(H,13,14). The van der Waals surface area contributed by atoms with Gasteiger partial charge in [-0.3, -0.25) is 0 Å². The highest BCUT2D eigenvalue weighted by molar-refractivity contribution is 5.68. The van der Waals surface area contributed by atoms with Crippen molar-refractivity contribution in [3.05, 3.63) is 0 Å². The second-order valence-corrected chi connectivity index (χ2v) is 4.50. The predicted octanol–water partition coefficient (Wildman–Crippen LogP) is 1.82. The molecular weight excluding hydrogens is 227 g/mol. The molecule has 0 aromatic carbocycles. The lowest BCUT2D eigenvalue weighted by Gasteiger charge is -2.37. The van der Waals surface area contributed by atoms with Crippen LogP contribution < -0.4 is 5.32 Å². The monoisotopic (exact) mass is 243 g/mol. The van der Waals surface area contributed by atoms with Crippen molar-refractivity contribution in [3.63, 3.8) is 0 Å². The summed E-state index contributed by atoms with van der Waals surface area (Å²) in [5, 5.41) is 11.8. The van der Waals surface area contributed by atoms with Gasteiger partial charge in [0.2, 0.25) is 0 Å². The quantitative estimate of drug-likeness (QED) is 0.795. The van der Waals surface area contributed by atoms with E-state index in [1.807, 2.05) is 0 Å². The van der Waals surface area contributed by atoms with Crippen molar-refractivity contribution in [3.8, 4) is 0 Å². The Hall–Kier alpha value is -0.980. The van der Waals surface area contributed by atoms with Crippen LogP contribution >= 0.6 is 0 Å². The van der Waals surface area contributed by atoms with E-state index in [0.717, 1.165) is 0 Å². The molecule has 96 valence electrons. The van der Waals surface area contributed by atoms with Gasteiger partial charge in [0.25, 0.3) is 0 Å². The van der Waals surface area contributed by atoms with Gasteiger partial charge in [0.15, 0.2) is 6.61 Å². The van der Waals surface area contributed by atoms with Crippen molar-refractivity contribution in [1.29, 1.82) is 0 Å². The molecule has 0 atom stereocenters. The highest BCUT2D eigenvalue weighted by Gasteiger charge is 2.38.